The van der Waals surface area contributed by atoms with Crippen molar-refractivity contribution in [1.82, 2.24) is 29.5 Å². The average Bonchev–Trinajstić information content (AvgIpc) is 3.04. The van der Waals surface area contributed by atoms with Crippen LogP contribution in [-0.2, 0) is 24.1 Å². The Morgan fingerprint density at radius 2 is 1.38 bits per heavy atom. The lowest BCUT2D eigenvalue weighted by Gasteiger charge is -2.39. The fourth-order valence-corrected chi connectivity index (χ4v) is 12.9. The van der Waals surface area contributed by atoms with Crippen molar-refractivity contribution in [3.8, 4) is 17.9 Å². The number of rotatable bonds is 19. The molecule has 4 atom stereocenters. The number of amides is 2. The summed E-state index contributed by atoms with van der Waals surface area (Å²) in [5.74, 6) is 6.21. The number of nitrogens with one attached hydrogen (secondary N) is 2. The number of fused-ring (bicyclic) bond motifs is 1. The summed E-state index contributed by atoms with van der Waals surface area (Å²) in [5, 5.41) is 22.0. The van der Waals surface area contributed by atoms with Crippen molar-refractivity contribution < 1.29 is 28.1 Å². The number of carbonyl (C=O) groups is 2. The second-order valence-electron chi connectivity index (χ2n) is 21.1. The maximum Gasteiger partial charge on any atom is 0.259 e. The highest BCUT2D eigenvalue weighted by Crippen LogP contribution is 2.51. The minimum absolute atomic E-state index is 0.0183. The number of aryl methyl sites for hydroxylation is 2. The second-order valence-corrected chi connectivity index (χ2v) is 22.5. The number of anilines is 1. The Kier molecular flexibility index (Phi) is 16.5. The molecule has 11 rings (SSSR count). The van der Waals surface area contributed by atoms with Crippen molar-refractivity contribution in [1.29, 1.82) is 5.26 Å². The van der Waals surface area contributed by atoms with Gasteiger partial charge < -0.3 is 29.2 Å². The van der Waals surface area contributed by atoms with E-state index in [2.05, 4.69) is 171 Å². The number of carbonyl (C=O) groups excluding carboxylic acids is 2. The zero-order chi connectivity index (χ0) is 56.9. The van der Waals surface area contributed by atoms with E-state index in [-0.39, 0.29) is 73.7 Å². The van der Waals surface area contributed by atoms with Crippen LogP contribution in [0.4, 0.5) is 5.82 Å². The van der Waals surface area contributed by atoms with E-state index in [4.69, 9.17) is 28.5 Å². The van der Waals surface area contributed by atoms with E-state index in [0.29, 0.717) is 16.8 Å². The lowest BCUT2D eigenvalue weighted by atomic mass is 9.79. The molecule has 3 heterocycles. The van der Waals surface area contributed by atoms with Gasteiger partial charge in [-0.05, 0) is 115 Å². The molecule has 14 nitrogen and oxygen atoms in total. The Hall–Kier alpha value is -8.43. The molecular formula is C67H63N8O6P. The van der Waals surface area contributed by atoms with E-state index in [1.54, 1.807) is 24.3 Å². The van der Waals surface area contributed by atoms with Gasteiger partial charge in [-0.3, -0.25) is 14.2 Å². The normalized spacial score (nSPS) is 15.8. The molecule has 1 aliphatic heterocycles. The van der Waals surface area contributed by atoms with Crippen LogP contribution in [0.3, 0.4) is 0 Å². The van der Waals surface area contributed by atoms with Gasteiger partial charge in [-0.15, -0.1) is 0 Å². The number of aromatic nitrogens is 4. The zero-order valence-corrected chi connectivity index (χ0v) is 47.6. The number of ether oxygens (including phenoxy) is 2. The van der Waals surface area contributed by atoms with Crippen molar-refractivity contribution in [2.24, 2.45) is 0 Å². The number of nitriles is 1. The molecule has 0 saturated carbocycles. The summed E-state index contributed by atoms with van der Waals surface area (Å²) >= 11 is 0. The van der Waals surface area contributed by atoms with Crippen molar-refractivity contribution >= 4 is 69.6 Å². The first-order valence-corrected chi connectivity index (χ1v) is 28.8. The molecule has 82 heavy (non-hydrogen) atoms. The predicted octanol–water partition coefficient (Wildman–Crippen LogP) is 13.3. The number of nitrogens with zero attached hydrogens (tertiary/aromatic N) is 6. The van der Waals surface area contributed by atoms with Gasteiger partial charge in [0.05, 0.1) is 38.4 Å². The Morgan fingerprint density at radius 1 is 0.756 bits per heavy atom. The molecule has 0 radical (unpaired) electrons. The lowest BCUT2D eigenvalue weighted by molar-refractivity contribution is -0.0913. The van der Waals surface area contributed by atoms with Crippen molar-refractivity contribution in [2.45, 2.75) is 90.5 Å². The molecule has 2 aromatic heterocycles. The summed E-state index contributed by atoms with van der Waals surface area (Å²) in [6, 6.07) is 56.5. The summed E-state index contributed by atoms with van der Waals surface area (Å²) in [6.45, 7) is 12.7. The highest BCUT2D eigenvalue weighted by Gasteiger charge is 2.46. The molecule has 1 unspecified atom stereocenters. The first-order chi connectivity index (χ1) is 39.9. The van der Waals surface area contributed by atoms with Gasteiger partial charge in [-0.1, -0.05) is 163 Å². The third-order valence-electron chi connectivity index (χ3n) is 15.0. The predicted molar refractivity (Wildman–Crippen MR) is 322 cm³/mol. The average molecular weight is 1110 g/mol. The maximum atomic E-state index is 14.2. The Balaban J connectivity index is 0.989. The Bertz CT molecular complexity index is 3940. The molecule has 15 heteroatoms. The van der Waals surface area contributed by atoms with Crippen molar-refractivity contribution in [3.05, 3.63) is 215 Å². The topological polar surface area (TPSA) is 166 Å². The molecule has 0 bridgehead atoms. The van der Waals surface area contributed by atoms with E-state index in [1.165, 1.54) is 6.33 Å². The quantitative estimate of drug-likeness (QED) is 0.0260. The molecule has 2 amide bonds. The molecule has 0 aliphatic carbocycles. The highest BCUT2D eigenvalue weighted by atomic mass is 31.2. The molecule has 10 aromatic rings. The molecular weight excluding hydrogens is 1040 g/mol. The van der Waals surface area contributed by atoms with Crippen LogP contribution in [0, 0.1) is 37.0 Å². The minimum atomic E-state index is -1.77. The van der Waals surface area contributed by atoms with Crippen molar-refractivity contribution in [2.75, 3.05) is 25.1 Å². The third-order valence-corrected chi connectivity index (χ3v) is 17.1. The summed E-state index contributed by atoms with van der Waals surface area (Å²) in [5.41, 5.74) is 5.50. The standard InChI is InChI=1S/C67H63N8O6P/c1-43(2)75(44(3)4)82(79-39-15-37-68)81-56-40-59(80-57(56)41-78-67(51-20-11-8-12-21-51,52-31-23-45(5)24-32-52)53-33-25-46(6)26-34-53)74-58(72-62-63(70-42-71-64(62)74)73-65(76)50-16-9-7-10-17-50)22-14-38-69-66(77)55-36-30-49-28-27-47-18-13-19-48-29-35-54(55)61(49)60(47)48/h7-13,16-21,23-36,42-44,56-57,59H,15,38-41H2,1-6H3,(H,69,77)(H,70,71,73,76)/t56-,57+,59+,82?/m0/s1. The van der Waals surface area contributed by atoms with Gasteiger partial charge in [0.15, 0.2) is 22.8 Å². The van der Waals surface area contributed by atoms with E-state index in [1.807, 2.05) is 53.1 Å². The molecule has 412 valence electrons. The second kappa shape index (κ2) is 24.3. The Labute approximate surface area is 478 Å². The largest absolute Gasteiger partial charge is 0.358 e. The fourth-order valence-electron chi connectivity index (χ4n) is 11.1. The molecule has 2 N–H and O–H groups in total. The van der Waals surface area contributed by atoms with E-state index in [9.17, 15) is 14.9 Å². The first-order valence-electron chi connectivity index (χ1n) is 27.7. The number of hydrogen-bond acceptors (Lipinski definition) is 11. The molecule has 1 saturated heterocycles. The van der Waals surface area contributed by atoms with Crippen LogP contribution in [0.15, 0.2) is 170 Å². The highest BCUT2D eigenvalue weighted by molar-refractivity contribution is 7.44. The smallest absolute Gasteiger partial charge is 0.259 e. The molecule has 0 spiro atoms. The number of benzene rings is 8. The maximum absolute atomic E-state index is 14.2. The van der Waals surface area contributed by atoms with E-state index in [0.717, 1.165) is 60.1 Å². The van der Waals surface area contributed by atoms with Gasteiger partial charge in [-0.25, -0.2) is 19.6 Å². The van der Waals surface area contributed by atoms with Gasteiger partial charge in [0.1, 0.15) is 24.3 Å². The molecule has 1 aliphatic rings. The number of hydrogen-bond donors (Lipinski definition) is 2. The van der Waals surface area contributed by atoms with Gasteiger partial charge >= 0.3 is 0 Å². The number of imidazole rings is 1. The van der Waals surface area contributed by atoms with Crippen LogP contribution < -0.4 is 10.6 Å². The first kappa shape index (κ1) is 55.5. The van der Waals surface area contributed by atoms with Crippen LogP contribution in [0.5, 0.6) is 0 Å². The Morgan fingerprint density at radius 3 is 2.04 bits per heavy atom. The minimum Gasteiger partial charge on any atom is -0.358 e. The fraction of sp³-hybridized carbons (Fsp3) is 0.254. The summed E-state index contributed by atoms with van der Waals surface area (Å²) in [7, 11) is -1.77. The van der Waals surface area contributed by atoms with E-state index >= 15 is 0 Å². The summed E-state index contributed by atoms with van der Waals surface area (Å²) in [6.07, 6.45) is -0.407. The summed E-state index contributed by atoms with van der Waals surface area (Å²) in [4.78, 5) is 42.3. The van der Waals surface area contributed by atoms with Gasteiger partial charge in [0.2, 0.25) is 0 Å². The van der Waals surface area contributed by atoms with Crippen LogP contribution in [0.25, 0.3) is 43.5 Å². The monoisotopic (exact) mass is 1110 g/mol. The van der Waals surface area contributed by atoms with Crippen LogP contribution >= 0.6 is 8.53 Å². The molecule has 1 fully saturated rings. The van der Waals surface area contributed by atoms with Crippen LogP contribution in [0.2, 0.25) is 0 Å². The SMILES string of the molecule is Cc1ccc(C(OC[C@H]2O[C@@H](n3c(C#CCNC(=O)c4ccc5ccc6cccc7ccc4c5c67)nc4c(NC(=O)c5ccccc5)ncnc43)C[C@@H]2OP(OCCC#N)N(C(C)C)C(C)C)(c2ccccc2)c2ccc(C)cc2)cc1. The van der Waals surface area contributed by atoms with E-state index < -0.39 is 32.6 Å². The van der Waals surface area contributed by atoms with Gasteiger partial charge in [0, 0.05) is 29.6 Å². The third kappa shape index (κ3) is 11.2. The summed E-state index contributed by atoms with van der Waals surface area (Å²) < 4.78 is 32.6. The van der Waals surface area contributed by atoms with Crippen LogP contribution in [-0.4, -0.2) is 80.1 Å². The van der Waals surface area contributed by atoms with Gasteiger partial charge in [-0.2, -0.15) is 5.26 Å². The zero-order valence-electron chi connectivity index (χ0n) is 46.7. The van der Waals surface area contributed by atoms with Crippen LogP contribution in [0.1, 0.15) is 101 Å². The molecule has 8 aromatic carbocycles. The lowest BCUT2D eigenvalue weighted by Crippen LogP contribution is -2.39. The van der Waals surface area contributed by atoms with Gasteiger partial charge in [0.25, 0.3) is 20.3 Å². The van der Waals surface area contributed by atoms with Crippen molar-refractivity contribution in [3.63, 3.8) is 0 Å².